The van der Waals surface area contributed by atoms with Crippen LogP contribution >= 0.6 is 11.6 Å². The molecular formula is C11H13ClN2O4. The van der Waals surface area contributed by atoms with Crippen LogP contribution in [0.4, 0.5) is 0 Å². The number of nitrogens with one attached hydrogen (secondary N) is 1. The van der Waals surface area contributed by atoms with E-state index in [1.54, 1.807) is 18.2 Å². The van der Waals surface area contributed by atoms with Gasteiger partial charge >= 0.3 is 0 Å². The van der Waals surface area contributed by atoms with Crippen molar-refractivity contribution in [3.05, 3.63) is 29.0 Å². The Hall–Kier alpha value is -1.18. The van der Waals surface area contributed by atoms with Crippen LogP contribution in [0.3, 0.4) is 0 Å². The molecule has 98 valence electrons. The molecule has 6 nitrogen and oxygen atoms in total. The van der Waals surface area contributed by atoms with Crippen molar-refractivity contribution in [1.82, 2.24) is 9.97 Å². The van der Waals surface area contributed by atoms with Crippen LogP contribution in [0.2, 0.25) is 5.02 Å². The lowest BCUT2D eigenvalue weighted by atomic mass is 10.1. The lowest BCUT2D eigenvalue weighted by Gasteiger charge is -2.19. The van der Waals surface area contributed by atoms with Gasteiger partial charge in [-0.2, -0.15) is 0 Å². The van der Waals surface area contributed by atoms with Crippen molar-refractivity contribution in [2.24, 2.45) is 0 Å². The monoisotopic (exact) mass is 272 g/mol. The summed E-state index contributed by atoms with van der Waals surface area (Å²) in [6, 6.07) is 4.96. The third-order valence-electron chi connectivity index (χ3n) is 2.65. The Morgan fingerprint density at radius 3 is 2.67 bits per heavy atom. The summed E-state index contributed by atoms with van der Waals surface area (Å²) < 4.78 is 0. The van der Waals surface area contributed by atoms with Crippen molar-refractivity contribution < 1.29 is 20.4 Å². The maximum atomic E-state index is 9.81. The highest BCUT2D eigenvalue weighted by molar-refractivity contribution is 6.31. The summed E-state index contributed by atoms with van der Waals surface area (Å²) in [4.78, 5) is 6.88. The van der Waals surface area contributed by atoms with Crippen LogP contribution in [0.25, 0.3) is 11.0 Å². The number of hydrogen-bond donors (Lipinski definition) is 5. The molecule has 0 amide bonds. The molecule has 0 aliphatic rings. The molecule has 0 saturated heterocycles. The number of H-pyrrole nitrogens is 1. The van der Waals surface area contributed by atoms with Crippen molar-refractivity contribution >= 4 is 22.6 Å². The minimum atomic E-state index is -1.52. The summed E-state index contributed by atoms with van der Waals surface area (Å²) in [5.41, 5.74) is 1.20. The van der Waals surface area contributed by atoms with Gasteiger partial charge in [0.05, 0.1) is 17.6 Å². The van der Waals surface area contributed by atoms with Gasteiger partial charge in [0.25, 0.3) is 0 Å². The molecule has 1 unspecified atom stereocenters. The Kier molecular flexibility index (Phi) is 3.84. The first kappa shape index (κ1) is 13.3. The second-order valence-corrected chi connectivity index (χ2v) is 4.41. The number of aromatic nitrogens is 2. The van der Waals surface area contributed by atoms with Crippen LogP contribution in [0, 0.1) is 0 Å². The molecule has 0 bridgehead atoms. The van der Waals surface area contributed by atoms with Crippen molar-refractivity contribution in [2.75, 3.05) is 6.61 Å². The summed E-state index contributed by atoms with van der Waals surface area (Å²) in [6.07, 6.45) is -4.37. The molecule has 5 N–H and O–H groups in total. The van der Waals surface area contributed by atoms with Gasteiger partial charge in [-0.3, -0.25) is 0 Å². The van der Waals surface area contributed by atoms with Crippen LogP contribution in [0.15, 0.2) is 18.2 Å². The molecule has 2 rings (SSSR count). The van der Waals surface area contributed by atoms with Crippen molar-refractivity contribution in [1.29, 1.82) is 0 Å². The highest BCUT2D eigenvalue weighted by Crippen LogP contribution is 2.22. The quantitative estimate of drug-likeness (QED) is 0.537. The van der Waals surface area contributed by atoms with E-state index in [-0.39, 0.29) is 5.82 Å². The van der Waals surface area contributed by atoms with Crippen LogP contribution in [0.5, 0.6) is 0 Å². The lowest BCUT2D eigenvalue weighted by molar-refractivity contribution is -0.0800. The average Bonchev–Trinajstić information content (AvgIpc) is 2.78. The second kappa shape index (κ2) is 5.21. The Labute approximate surface area is 107 Å². The maximum Gasteiger partial charge on any atom is 0.140 e. The largest absolute Gasteiger partial charge is 0.394 e. The van der Waals surface area contributed by atoms with Gasteiger partial charge in [-0.15, -0.1) is 0 Å². The van der Waals surface area contributed by atoms with Crippen LogP contribution < -0.4 is 0 Å². The van der Waals surface area contributed by atoms with Crippen molar-refractivity contribution in [3.8, 4) is 0 Å². The molecule has 0 radical (unpaired) electrons. The molecular weight excluding hydrogens is 260 g/mol. The SMILES string of the molecule is OC[C@@H](O)[C@H](O)C(O)c1nc2cc(Cl)ccc2[nH]1. The Balaban J connectivity index is 2.30. The van der Waals surface area contributed by atoms with E-state index in [4.69, 9.17) is 16.7 Å². The van der Waals surface area contributed by atoms with E-state index in [1.165, 1.54) is 0 Å². The summed E-state index contributed by atoms with van der Waals surface area (Å²) >= 11 is 5.80. The van der Waals surface area contributed by atoms with E-state index in [9.17, 15) is 15.3 Å². The third-order valence-corrected chi connectivity index (χ3v) is 2.88. The first-order valence-corrected chi connectivity index (χ1v) is 5.71. The topological polar surface area (TPSA) is 110 Å². The zero-order valence-electron chi connectivity index (χ0n) is 9.29. The molecule has 2 aromatic rings. The smallest absolute Gasteiger partial charge is 0.140 e. The summed E-state index contributed by atoms with van der Waals surface area (Å²) in [6.45, 7) is -0.649. The van der Waals surface area contributed by atoms with Gasteiger partial charge in [-0.05, 0) is 18.2 Å². The van der Waals surface area contributed by atoms with E-state index in [0.717, 1.165) is 0 Å². The number of nitrogens with zero attached hydrogens (tertiary/aromatic N) is 1. The fraction of sp³-hybridized carbons (Fsp3) is 0.364. The number of aromatic amines is 1. The number of fused-ring (bicyclic) bond motifs is 1. The number of hydrogen-bond acceptors (Lipinski definition) is 5. The molecule has 1 aromatic heterocycles. The zero-order chi connectivity index (χ0) is 13.3. The maximum absolute atomic E-state index is 9.81. The normalized spacial score (nSPS) is 16.7. The number of aliphatic hydroxyl groups is 4. The molecule has 0 saturated carbocycles. The molecule has 0 aliphatic heterocycles. The predicted octanol–water partition coefficient (Wildman–Crippen LogP) is -0.0362. The highest BCUT2D eigenvalue weighted by atomic mass is 35.5. The van der Waals surface area contributed by atoms with Gasteiger partial charge in [0.15, 0.2) is 0 Å². The molecule has 1 aromatic carbocycles. The fourth-order valence-corrected chi connectivity index (χ4v) is 1.79. The standard InChI is InChI=1S/C11H13ClN2O4/c12-5-1-2-6-7(3-5)14-11(13-6)10(18)9(17)8(16)4-15/h1-3,8-10,15-18H,4H2,(H,13,14)/t8-,9+,10?/m1/s1. The van der Waals surface area contributed by atoms with E-state index in [2.05, 4.69) is 9.97 Å². The van der Waals surface area contributed by atoms with Gasteiger partial charge < -0.3 is 25.4 Å². The second-order valence-electron chi connectivity index (χ2n) is 3.97. The van der Waals surface area contributed by atoms with Gasteiger partial charge in [0.2, 0.25) is 0 Å². The predicted molar refractivity (Wildman–Crippen MR) is 65.2 cm³/mol. The minimum Gasteiger partial charge on any atom is -0.394 e. The number of benzene rings is 1. The number of halogens is 1. The van der Waals surface area contributed by atoms with Gasteiger partial charge in [0, 0.05) is 5.02 Å². The summed E-state index contributed by atoms with van der Waals surface area (Å²) in [7, 11) is 0. The molecule has 0 spiro atoms. The van der Waals surface area contributed by atoms with Crippen LogP contribution in [-0.4, -0.2) is 49.2 Å². The van der Waals surface area contributed by atoms with E-state index < -0.39 is 24.9 Å². The van der Waals surface area contributed by atoms with Gasteiger partial charge in [0.1, 0.15) is 24.1 Å². The van der Waals surface area contributed by atoms with E-state index in [1.807, 2.05) is 0 Å². The summed E-state index contributed by atoms with van der Waals surface area (Å²) in [5.74, 6) is 0.104. The zero-order valence-corrected chi connectivity index (χ0v) is 10.0. The fourth-order valence-electron chi connectivity index (χ4n) is 1.62. The minimum absolute atomic E-state index is 0.104. The first-order chi connectivity index (χ1) is 8.52. The Morgan fingerprint density at radius 1 is 1.28 bits per heavy atom. The van der Waals surface area contributed by atoms with Gasteiger partial charge in [-0.25, -0.2) is 4.98 Å². The van der Waals surface area contributed by atoms with E-state index >= 15 is 0 Å². The molecule has 1 heterocycles. The number of aliphatic hydroxyl groups excluding tert-OH is 4. The number of imidazole rings is 1. The Bertz CT molecular complexity index is 545. The van der Waals surface area contributed by atoms with Crippen molar-refractivity contribution in [3.63, 3.8) is 0 Å². The Morgan fingerprint density at radius 2 is 2.00 bits per heavy atom. The van der Waals surface area contributed by atoms with Crippen molar-refractivity contribution in [2.45, 2.75) is 18.3 Å². The molecule has 18 heavy (non-hydrogen) atoms. The van der Waals surface area contributed by atoms with Gasteiger partial charge in [-0.1, -0.05) is 11.6 Å². The molecule has 7 heteroatoms. The highest BCUT2D eigenvalue weighted by Gasteiger charge is 2.27. The lowest BCUT2D eigenvalue weighted by Crippen LogP contribution is -2.35. The number of rotatable bonds is 4. The third kappa shape index (κ3) is 2.47. The van der Waals surface area contributed by atoms with Crippen LogP contribution in [-0.2, 0) is 0 Å². The molecule has 0 fully saturated rings. The van der Waals surface area contributed by atoms with E-state index in [0.29, 0.717) is 16.1 Å². The molecule has 3 atom stereocenters. The average molecular weight is 273 g/mol. The molecule has 0 aliphatic carbocycles. The summed E-state index contributed by atoms with van der Waals surface area (Å²) in [5, 5.41) is 37.9. The van der Waals surface area contributed by atoms with Crippen LogP contribution in [0.1, 0.15) is 11.9 Å². The first-order valence-electron chi connectivity index (χ1n) is 5.33.